The SMILES string of the molecule is Cl.O=c1oc2ccccc2n1CCCCN1CC[C@@H]2C(C1)c1cc(F)ccc1N2c1ccc(F)cc1. The molecule has 0 N–H and O–H groups in total. The van der Waals surface area contributed by atoms with Crippen molar-refractivity contribution in [3.63, 3.8) is 0 Å². The summed E-state index contributed by atoms with van der Waals surface area (Å²) >= 11 is 0. The van der Waals surface area contributed by atoms with Crippen molar-refractivity contribution >= 4 is 34.9 Å². The van der Waals surface area contributed by atoms with Gasteiger partial charge in [0.25, 0.3) is 0 Å². The van der Waals surface area contributed by atoms with Gasteiger partial charge in [-0.25, -0.2) is 13.6 Å². The van der Waals surface area contributed by atoms with E-state index >= 15 is 0 Å². The summed E-state index contributed by atoms with van der Waals surface area (Å²) in [5, 5.41) is 0. The first-order chi connectivity index (χ1) is 17.1. The van der Waals surface area contributed by atoms with Crippen LogP contribution in [0.5, 0.6) is 0 Å². The fourth-order valence-electron chi connectivity index (χ4n) is 5.81. The first-order valence-corrected chi connectivity index (χ1v) is 12.2. The van der Waals surface area contributed by atoms with Crippen molar-refractivity contribution in [1.29, 1.82) is 0 Å². The average molecular weight is 512 g/mol. The van der Waals surface area contributed by atoms with Gasteiger partial charge in [0.2, 0.25) is 0 Å². The predicted octanol–water partition coefficient (Wildman–Crippen LogP) is 6.08. The lowest BCUT2D eigenvalue weighted by Crippen LogP contribution is -2.45. The maximum Gasteiger partial charge on any atom is 0.419 e. The number of fused-ring (bicyclic) bond motifs is 4. The van der Waals surface area contributed by atoms with Crippen LogP contribution in [0.3, 0.4) is 0 Å². The minimum atomic E-state index is -0.308. The minimum absolute atomic E-state index is 0. The lowest BCUT2D eigenvalue weighted by molar-refractivity contribution is 0.192. The molecule has 0 radical (unpaired) electrons. The van der Waals surface area contributed by atoms with Crippen LogP contribution >= 0.6 is 12.4 Å². The zero-order chi connectivity index (χ0) is 23.9. The molecule has 0 aliphatic carbocycles. The van der Waals surface area contributed by atoms with Crippen LogP contribution in [-0.4, -0.2) is 35.1 Å². The lowest BCUT2D eigenvalue weighted by Gasteiger charge is -2.39. The van der Waals surface area contributed by atoms with Gasteiger partial charge in [-0.15, -0.1) is 12.4 Å². The van der Waals surface area contributed by atoms with Gasteiger partial charge in [-0.2, -0.15) is 0 Å². The second-order valence-electron chi connectivity index (χ2n) is 9.51. The number of hydrogen-bond acceptors (Lipinski definition) is 4. The number of rotatable bonds is 6. The van der Waals surface area contributed by atoms with Gasteiger partial charge in [0.05, 0.1) is 5.52 Å². The number of hydrogen-bond donors (Lipinski definition) is 0. The van der Waals surface area contributed by atoms with Crippen LogP contribution in [0, 0.1) is 11.6 Å². The summed E-state index contributed by atoms with van der Waals surface area (Å²) < 4.78 is 34.8. The van der Waals surface area contributed by atoms with E-state index in [0.29, 0.717) is 12.1 Å². The first kappa shape index (κ1) is 24.5. The van der Waals surface area contributed by atoms with Crippen LogP contribution in [0.4, 0.5) is 20.2 Å². The van der Waals surface area contributed by atoms with Crippen LogP contribution in [0.15, 0.2) is 75.9 Å². The molecule has 36 heavy (non-hydrogen) atoms. The van der Waals surface area contributed by atoms with E-state index in [9.17, 15) is 13.6 Å². The highest BCUT2D eigenvalue weighted by Crippen LogP contribution is 2.48. The number of likely N-dealkylation sites (tertiary alicyclic amines) is 1. The van der Waals surface area contributed by atoms with Crippen molar-refractivity contribution < 1.29 is 13.2 Å². The van der Waals surface area contributed by atoms with Crippen molar-refractivity contribution in [2.24, 2.45) is 0 Å². The largest absolute Gasteiger partial charge is 0.419 e. The standard InChI is InChI=1S/C28H27F2N3O2.ClH/c29-19-7-10-21(11-8-19)33-24-12-9-20(30)17-22(24)23-18-31(16-13-25(23)33)14-3-4-15-32-26-5-1-2-6-27(26)35-28(32)34;/h1-2,5-12,17,23,25H,3-4,13-16,18H2;1H/t23?,25-;/m1./s1. The molecule has 2 aliphatic heterocycles. The number of piperidine rings is 1. The van der Waals surface area contributed by atoms with Gasteiger partial charge in [-0.3, -0.25) is 4.57 Å². The molecule has 1 saturated heterocycles. The Kier molecular flexibility index (Phi) is 6.86. The van der Waals surface area contributed by atoms with E-state index in [4.69, 9.17) is 4.42 Å². The molecular weight excluding hydrogens is 484 g/mol. The molecule has 5 nitrogen and oxygen atoms in total. The average Bonchev–Trinajstić information content (AvgIpc) is 3.36. The van der Waals surface area contributed by atoms with Gasteiger partial charge in [0.1, 0.15) is 11.6 Å². The Balaban J connectivity index is 0.00000267. The van der Waals surface area contributed by atoms with Crippen LogP contribution in [0.1, 0.15) is 30.7 Å². The van der Waals surface area contributed by atoms with E-state index < -0.39 is 0 Å². The Morgan fingerprint density at radius 2 is 1.67 bits per heavy atom. The summed E-state index contributed by atoms with van der Waals surface area (Å²) in [5.41, 5.74) is 4.45. The molecule has 2 atom stereocenters. The topological polar surface area (TPSA) is 41.6 Å². The molecule has 188 valence electrons. The van der Waals surface area contributed by atoms with Gasteiger partial charge in [-0.1, -0.05) is 12.1 Å². The number of aromatic nitrogens is 1. The number of unbranched alkanes of at least 4 members (excludes halogenated alkanes) is 1. The molecule has 4 aromatic rings. The lowest BCUT2D eigenvalue weighted by atomic mass is 9.89. The number of oxazole rings is 1. The van der Waals surface area contributed by atoms with Gasteiger partial charge in [-0.05, 0) is 86.0 Å². The van der Waals surface area contributed by atoms with E-state index in [2.05, 4.69) is 9.80 Å². The molecule has 1 fully saturated rings. The molecule has 6 rings (SSSR count). The van der Waals surface area contributed by atoms with E-state index in [1.807, 2.05) is 30.3 Å². The molecule has 0 spiro atoms. The molecule has 0 saturated carbocycles. The second-order valence-corrected chi connectivity index (χ2v) is 9.51. The molecule has 2 aliphatic rings. The van der Waals surface area contributed by atoms with Gasteiger partial charge >= 0.3 is 5.76 Å². The van der Waals surface area contributed by atoms with Crippen molar-refractivity contribution in [3.05, 3.63) is 94.5 Å². The predicted molar refractivity (Wildman–Crippen MR) is 139 cm³/mol. The smallest absolute Gasteiger partial charge is 0.408 e. The van der Waals surface area contributed by atoms with E-state index in [-0.39, 0.29) is 41.8 Å². The molecular formula is C28H28ClF2N3O2. The zero-order valence-electron chi connectivity index (χ0n) is 19.8. The summed E-state index contributed by atoms with van der Waals surface area (Å²) in [6.07, 6.45) is 2.78. The maximum atomic E-state index is 14.2. The van der Waals surface area contributed by atoms with Crippen molar-refractivity contribution in [2.75, 3.05) is 24.5 Å². The summed E-state index contributed by atoms with van der Waals surface area (Å²) in [4.78, 5) is 16.9. The molecule has 8 heteroatoms. The van der Waals surface area contributed by atoms with Gasteiger partial charge in [0.15, 0.2) is 5.58 Å². The molecule has 1 aromatic heterocycles. The molecule has 3 heterocycles. The third-order valence-electron chi connectivity index (χ3n) is 7.43. The minimum Gasteiger partial charge on any atom is -0.408 e. The molecule has 0 bridgehead atoms. The Bertz CT molecular complexity index is 1420. The van der Waals surface area contributed by atoms with Gasteiger partial charge in [0, 0.05) is 43.0 Å². The fourth-order valence-corrected chi connectivity index (χ4v) is 5.81. The van der Waals surface area contributed by atoms with E-state index in [1.54, 1.807) is 22.8 Å². The highest BCUT2D eigenvalue weighted by molar-refractivity contribution is 5.85. The van der Waals surface area contributed by atoms with Crippen LogP contribution in [0.25, 0.3) is 11.1 Å². The number of nitrogens with zero attached hydrogens (tertiary/aromatic N) is 3. The van der Waals surface area contributed by atoms with Crippen molar-refractivity contribution in [2.45, 2.75) is 37.8 Å². The Morgan fingerprint density at radius 1 is 0.917 bits per heavy atom. The first-order valence-electron chi connectivity index (χ1n) is 12.2. The molecule has 3 aromatic carbocycles. The molecule has 0 amide bonds. The monoisotopic (exact) mass is 511 g/mol. The maximum absolute atomic E-state index is 14.2. The van der Waals surface area contributed by atoms with Crippen molar-refractivity contribution in [1.82, 2.24) is 9.47 Å². The third-order valence-corrected chi connectivity index (χ3v) is 7.43. The summed E-state index contributed by atoms with van der Waals surface area (Å²) in [7, 11) is 0. The zero-order valence-corrected chi connectivity index (χ0v) is 20.6. The third kappa shape index (κ3) is 4.42. The van der Waals surface area contributed by atoms with Crippen molar-refractivity contribution in [3.8, 4) is 0 Å². The van der Waals surface area contributed by atoms with Crippen LogP contribution in [-0.2, 0) is 6.54 Å². The number of anilines is 2. The van der Waals surface area contributed by atoms with E-state index in [1.165, 1.54) is 18.2 Å². The Morgan fingerprint density at radius 3 is 2.50 bits per heavy atom. The normalized spacial score (nSPS) is 19.2. The summed E-state index contributed by atoms with van der Waals surface area (Å²) in [6.45, 7) is 3.36. The van der Waals surface area contributed by atoms with E-state index in [0.717, 1.165) is 61.4 Å². The highest BCUT2D eigenvalue weighted by Gasteiger charge is 2.42. The van der Waals surface area contributed by atoms with Gasteiger partial charge < -0.3 is 14.2 Å². The number of benzene rings is 3. The summed E-state index contributed by atoms with van der Waals surface area (Å²) in [6, 6.07) is 19.3. The summed E-state index contributed by atoms with van der Waals surface area (Å²) in [5.74, 6) is -0.597. The molecule has 1 unspecified atom stereocenters. The number of aryl methyl sites for hydroxylation is 1. The Labute approximate surface area is 214 Å². The van der Waals surface area contributed by atoms with Crippen LogP contribution in [0.2, 0.25) is 0 Å². The quantitative estimate of drug-likeness (QED) is 0.294. The van der Waals surface area contributed by atoms with Crippen LogP contribution < -0.4 is 10.7 Å². The number of halogens is 3. The Hall–Kier alpha value is -3.16. The fraction of sp³-hybridized carbons (Fsp3) is 0.321. The second kappa shape index (κ2) is 10.1. The highest BCUT2D eigenvalue weighted by atomic mass is 35.5. The number of para-hydroxylation sites is 2.